The van der Waals surface area contributed by atoms with Crippen molar-refractivity contribution in [3.63, 3.8) is 0 Å². The van der Waals surface area contributed by atoms with Gasteiger partial charge in [0.05, 0.1) is 11.5 Å². The van der Waals surface area contributed by atoms with E-state index < -0.39 is 18.0 Å². The Labute approximate surface area is 95.5 Å². The number of nitro groups is 1. The molecule has 0 atom stereocenters. The molecule has 3 N–H and O–H groups in total. The lowest BCUT2D eigenvalue weighted by molar-refractivity contribution is -0.384. The molecule has 0 saturated heterocycles. The van der Waals surface area contributed by atoms with E-state index in [2.05, 4.69) is 10.2 Å². The minimum absolute atomic E-state index is 0.115. The van der Waals surface area contributed by atoms with Gasteiger partial charge in [0.15, 0.2) is 0 Å². The topological polar surface area (TPSA) is 90.4 Å². The highest BCUT2D eigenvalue weighted by atomic mass is 19.3. The van der Waals surface area contributed by atoms with Crippen LogP contribution >= 0.6 is 0 Å². The van der Waals surface area contributed by atoms with E-state index in [0.717, 1.165) is 0 Å². The summed E-state index contributed by atoms with van der Waals surface area (Å²) in [6.07, 6.45) is -2.56. The van der Waals surface area contributed by atoms with Gasteiger partial charge in [-0.1, -0.05) is 6.07 Å². The second-order valence-corrected chi connectivity index (χ2v) is 3.16. The van der Waals surface area contributed by atoms with Crippen molar-refractivity contribution in [2.75, 3.05) is 12.0 Å². The van der Waals surface area contributed by atoms with Gasteiger partial charge < -0.3 is 10.2 Å². The van der Waals surface area contributed by atoms with E-state index in [1.807, 2.05) is 0 Å². The lowest BCUT2D eigenvalue weighted by Crippen LogP contribution is -2.09. The standard InChI is InChI=1S/C9H11F2N3O3/c10-9(11)5-17-4-6-1-2-7(13-12)8(3-6)14(15)16/h1-3,9,13H,4-5,12H2. The van der Waals surface area contributed by atoms with Gasteiger partial charge in [-0.3, -0.25) is 16.0 Å². The molecule has 0 fully saturated rings. The van der Waals surface area contributed by atoms with Crippen molar-refractivity contribution >= 4 is 11.4 Å². The summed E-state index contributed by atoms with van der Waals surface area (Å²) >= 11 is 0. The summed E-state index contributed by atoms with van der Waals surface area (Å²) in [6.45, 7) is -0.819. The molecule has 0 heterocycles. The number of hydrogen-bond donors (Lipinski definition) is 2. The Bertz CT molecular complexity index is 401. The fraction of sp³-hybridized carbons (Fsp3) is 0.333. The van der Waals surface area contributed by atoms with Crippen molar-refractivity contribution in [2.45, 2.75) is 13.0 Å². The van der Waals surface area contributed by atoms with Crippen LogP contribution in [0.1, 0.15) is 5.56 Å². The molecule has 0 unspecified atom stereocenters. The predicted molar refractivity (Wildman–Crippen MR) is 56.6 cm³/mol. The smallest absolute Gasteiger partial charge is 0.294 e. The molecule has 1 aromatic rings. The highest BCUT2D eigenvalue weighted by Gasteiger charge is 2.13. The van der Waals surface area contributed by atoms with Gasteiger partial charge in [0.25, 0.3) is 12.1 Å². The molecule has 0 aromatic heterocycles. The third kappa shape index (κ3) is 3.93. The van der Waals surface area contributed by atoms with E-state index >= 15 is 0 Å². The summed E-state index contributed by atoms with van der Waals surface area (Å²) in [4.78, 5) is 10.0. The van der Waals surface area contributed by atoms with Crippen molar-refractivity contribution in [1.82, 2.24) is 0 Å². The van der Waals surface area contributed by atoms with Crippen LogP contribution in [0.3, 0.4) is 0 Å². The van der Waals surface area contributed by atoms with Crippen LogP contribution in [-0.4, -0.2) is 18.0 Å². The summed E-state index contributed by atoms with van der Waals surface area (Å²) in [7, 11) is 0. The van der Waals surface area contributed by atoms with Gasteiger partial charge in [-0.2, -0.15) is 0 Å². The maximum atomic E-state index is 11.8. The van der Waals surface area contributed by atoms with E-state index in [1.165, 1.54) is 18.2 Å². The summed E-state index contributed by atoms with van der Waals surface area (Å²) in [5.41, 5.74) is 2.52. The molecule has 0 radical (unpaired) electrons. The van der Waals surface area contributed by atoms with E-state index in [4.69, 9.17) is 5.84 Å². The van der Waals surface area contributed by atoms with E-state index in [0.29, 0.717) is 5.56 Å². The molecular formula is C9H11F2N3O3. The zero-order chi connectivity index (χ0) is 12.8. The minimum Gasteiger partial charge on any atom is -0.371 e. The van der Waals surface area contributed by atoms with Gasteiger partial charge in [0.2, 0.25) is 0 Å². The SMILES string of the molecule is NNc1ccc(COCC(F)F)cc1[N+](=O)[O-]. The number of nitrogens with zero attached hydrogens (tertiary/aromatic N) is 1. The number of alkyl halides is 2. The van der Waals surface area contributed by atoms with Crippen molar-refractivity contribution in [2.24, 2.45) is 5.84 Å². The first-order valence-electron chi connectivity index (χ1n) is 4.64. The molecule has 1 aromatic carbocycles. The summed E-state index contributed by atoms with van der Waals surface area (Å²) in [5, 5.41) is 10.7. The van der Waals surface area contributed by atoms with Gasteiger partial charge in [0.1, 0.15) is 12.3 Å². The monoisotopic (exact) mass is 247 g/mol. The molecule has 0 amide bonds. The summed E-state index contributed by atoms with van der Waals surface area (Å²) < 4.78 is 28.3. The molecular weight excluding hydrogens is 236 g/mol. The van der Waals surface area contributed by atoms with Crippen molar-refractivity contribution in [3.8, 4) is 0 Å². The van der Waals surface area contributed by atoms with E-state index in [-0.39, 0.29) is 18.0 Å². The Kier molecular flexibility index (Phi) is 4.73. The number of nitrogen functional groups attached to an aromatic ring is 1. The molecule has 8 heteroatoms. The predicted octanol–water partition coefficient (Wildman–Crippen LogP) is 1.66. The molecule has 94 valence electrons. The van der Waals surface area contributed by atoms with Gasteiger partial charge >= 0.3 is 0 Å². The Morgan fingerprint density at radius 1 is 1.53 bits per heavy atom. The first-order valence-corrected chi connectivity index (χ1v) is 4.64. The normalized spacial score (nSPS) is 10.6. The summed E-state index contributed by atoms with van der Waals surface area (Å²) in [5.74, 6) is 5.09. The lowest BCUT2D eigenvalue weighted by atomic mass is 10.2. The molecule has 0 aliphatic heterocycles. The number of hydrogen-bond acceptors (Lipinski definition) is 5. The largest absolute Gasteiger partial charge is 0.371 e. The number of nitrogens with two attached hydrogens (primary N) is 1. The Morgan fingerprint density at radius 2 is 2.24 bits per heavy atom. The highest BCUT2D eigenvalue weighted by molar-refractivity contribution is 5.61. The lowest BCUT2D eigenvalue weighted by Gasteiger charge is -2.06. The number of nitrogens with one attached hydrogen (secondary N) is 1. The van der Waals surface area contributed by atoms with Gasteiger partial charge in [-0.05, 0) is 11.6 Å². The van der Waals surface area contributed by atoms with E-state index in [9.17, 15) is 18.9 Å². The second kappa shape index (κ2) is 6.06. The first-order chi connectivity index (χ1) is 8.04. The Morgan fingerprint density at radius 3 is 2.76 bits per heavy atom. The number of rotatable bonds is 6. The van der Waals surface area contributed by atoms with Crippen LogP contribution in [0.25, 0.3) is 0 Å². The van der Waals surface area contributed by atoms with Crippen LogP contribution in [-0.2, 0) is 11.3 Å². The van der Waals surface area contributed by atoms with Crippen molar-refractivity contribution in [3.05, 3.63) is 33.9 Å². The third-order valence-electron chi connectivity index (χ3n) is 1.93. The number of benzene rings is 1. The van der Waals surface area contributed by atoms with Crippen molar-refractivity contribution in [1.29, 1.82) is 0 Å². The van der Waals surface area contributed by atoms with Crippen LogP contribution in [0.4, 0.5) is 20.2 Å². The van der Waals surface area contributed by atoms with Gasteiger partial charge in [-0.25, -0.2) is 8.78 Å². The van der Waals surface area contributed by atoms with Gasteiger partial charge in [0, 0.05) is 6.07 Å². The van der Waals surface area contributed by atoms with Crippen LogP contribution in [0.15, 0.2) is 18.2 Å². The Hall–Kier alpha value is -1.80. The number of nitro benzene ring substituents is 1. The van der Waals surface area contributed by atoms with Crippen LogP contribution < -0.4 is 11.3 Å². The average molecular weight is 247 g/mol. The fourth-order valence-corrected chi connectivity index (χ4v) is 1.21. The molecule has 0 aliphatic carbocycles. The zero-order valence-electron chi connectivity index (χ0n) is 8.73. The number of halogens is 2. The average Bonchev–Trinajstić information content (AvgIpc) is 2.28. The first kappa shape index (κ1) is 13.3. The third-order valence-corrected chi connectivity index (χ3v) is 1.93. The highest BCUT2D eigenvalue weighted by Crippen LogP contribution is 2.24. The maximum Gasteiger partial charge on any atom is 0.294 e. The minimum atomic E-state index is -2.56. The molecule has 0 bridgehead atoms. The Balaban J connectivity index is 2.74. The molecule has 0 spiro atoms. The van der Waals surface area contributed by atoms with Gasteiger partial charge in [-0.15, -0.1) is 0 Å². The number of hydrazine groups is 1. The van der Waals surface area contributed by atoms with Crippen molar-refractivity contribution < 1.29 is 18.4 Å². The van der Waals surface area contributed by atoms with Crippen LogP contribution in [0.5, 0.6) is 0 Å². The van der Waals surface area contributed by atoms with Crippen LogP contribution in [0, 0.1) is 10.1 Å². The maximum absolute atomic E-state index is 11.8. The van der Waals surface area contributed by atoms with Crippen LogP contribution in [0.2, 0.25) is 0 Å². The molecule has 6 nitrogen and oxygen atoms in total. The summed E-state index contributed by atoms with van der Waals surface area (Å²) in [6, 6.07) is 4.12. The molecule has 0 saturated carbocycles. The number of ether oxygens (including phenoxy) is 1. The molecule has 17 heavy (non-hydrogen) atoms. The quantitative estimate of drug-likeness (QED) is 0.453. The molecule has 0 aliphatic rings. The second-order valence-electron chi connectivity index (χ2n) is 3.16. The number of anilines is 1. The zero-order valence-corrected chi connectivity index (χ0v) is 8.73. The van der Waals surface area contributed by atoms with E-state index in [1.54, 1.807) is 0 Å². The molecule has 1 rings (SSSR count). The fourth-order valence-electron chi connectivity index (χ4n) is 1.21.